The van der Waals surface area contributed by atoms with Gasteiger partial charge in [-0.1, -0.05) is 12.1 Å². The molecule has 1 aromatic rings. The minimum Gasteiger partial charge on any atom is -0.353 e. The summed E-state index contributed by atoms with van der Waals surface area (Å²) in [7, 11) is 0. The lowest BCUT2D eigenvalue weighted by Crippen LogP contribution is -2.50. The van der Waals surface area contributed by atoms with Crippen LogP contribution < -0.4 is 5.32 Å². The number of halogens is 3. The van der Waals surface area contributed by atoms with E-state index in [4.69, 9.17) is 0 Å². The van der Waals surface area contributed by atoms with Crippen molar-refractivity contribution in [2.45, 2.75) is 31.2 Å². The lowest BCUT2D eigenvalue weighted by molar-refractivity contribution is -0.128. The van der Waals surface area contributed by atoms with Gasteiger partial charge >= 0.3 is 0 Å². The lowest BCUT2D eigenvalue weighted by Gasteiger charge is -2.35. The maximum absolute atomic E-state index is 12.6. The van der Waals surface area contributed by atoms with E-state index in [1.807, 2.05) is 24.3 Å². The minimum atomic E-state index is -2.58. The van der Waals surface area contributed by atoms with E-state index in [0.717, 1.165) is 9.13 Å². The van der Waals surface area contributed by atoms with Crippen molar-refractivity contribution in [2.75, 3.05) is 0 Å². The minimum absolute atomic E-state index is 0.188. The van der Waals surface area contributed by atoms with Crippen molar-refractivity contribution in [1.29, 1.82) is 0 Å². The molecule has 1 aliphatic carbocycles. The average molecular weight is 351 g/mol. The van der Waals surface area contributed by atoms with Crippen LogP contribution >= 0.6 is 22.6 Å². The quantitative estimate of drug-likeness (QED) is 0.834. The van der Waals surface area contributed by atoms with Gasteiger partial charge in [-0.05, 0) is 40.3 Å². The molecule has 1 aromatic carbocycles. The predicted octanol–water partition coefficient (Wildman–Crippen LogP) is 2.75. The third-order valence-corrected chi connectivity index (χ3v) is 3.45. The zero-order valence-electron chi connectivity index (χ0n) is 9.05. The summed E-state index contributed by atoms with van der Waals surface area (Å²) in [5.41, 5.74) is 0.897. The first-order valence-electron chi connectivity index (χ1n) is 5.36. The van der Waals surface area contributed by atoms with Crippen molar-refractivity contribution in [3.05, 3.63) is 33.4 Å². The van der Waals surface area contributed by atoms with E-state index in [9.17, 15) is 13.6 Å². The highest BCUT2D eigenvalue weighted by atomic mass is 127. The number of carbonyl (C=O) groups is 1. The molecule has 0 heterocycles. The van der Waals surface area contributed by atoms with Crippen molar-refractivity contribution in [3.63, 3.8) is 0 Å². The summed E-state index contributed by atoms with van der Waals surface area (Å²) in [5.74, 6) is -2.77. The summed E-state index contributed by atoms with van der Waals surface area (Å²) in [6, 6.07) is 7.22. The molecule has 2 nitrogen and oxygen atoms in total. The Kier molecular flexibility index (Phi) is 3.65. The average Bonchev–Trinajstić information content (AvgIpc) is 2.18. The van der Waals surface area contributed by atoms with Crippen molar-refractivity contribution in [2.24, 2.45) is 0 Å². The Labute approximate surface area is 112 Å². The van der Waals surface area contributed by atoms with Gasteiger partial charge in [-0.25, -0.2) is 8.78 Å². The molecule has 17 heavy (non-hydrogen) atoms. The number of rotatable bonds is 3. The number of carbonyl (C=O) groups excluding carboxylic acids is 1. The molecule has 0 aromatic heterocycles. The van der Waals surface area contributed by atoms with Gasteiger partial charge in [0.1, 0.15) is 0 Å². The lowest BCUT2D eigenvalue weighted by atomic mass is 9.88. The van der Waals surface area contributed by atoms with Crippen LogP contribution in [0.3, 0.4) is 0 Å². The van der Waals surface area contributed by atoms with Crippen LogP contribution in [0.15, 0.2) is 24.3 Å². The van der Waals surface area contributed by atoms with E-state index in [2.05, 4.69) is 27.9 Å². The van der Waals surface area contributed by atoms with Crippen LogP contribution in [-0.4, -0.2) is 17.9 Å². The zero-order valence-corrected chi connectivity index (χ0v) is 11.2. The van der Waals surface area contributed by atoms with Crippen molar-refractivity contribution >= 4 is 28.5 Å². The summed E-state index contributed by atoms with van der Waals surface area (Å²) in [4.78, 5) is 11.6. The Morgan fingerprint density at radius 1 is 1.35 bits per heavy atom. The monoisotopic (exact) mass is 351 g/mol. The van der Waals surface area contributed by atoms with Gasteiger partial charge in [0, 0.05) is 22.5 Å². The third-order valence-electron chi connectivity index (χ3n) is 2.73. The van der Waals surface area contributed by atoms with Gasteiger partial charge < -0.3 is 5.32 Å². The topological polar surface area (TPSA) is 29.1 Å². The number of amides is 1. The Balaban J connectivity index is 1.80. The second kappa shape index (κ2) is 4.88. The SMILES string of the molecule is O=C(Cc1ccc(I)cc1)NC1CC(F)(F)C1. The molecule has 1 fully saturated rings. The van der Waals surface area contributed by atoms with E-state index in [1.54, 1.807) is 0 Å². The van der Waals surface area contributed by atoms with Crippen molar-refractivity contribution in [1.82, 2.24) is 5.32 Å². The number of alkyl halides is 2. The van der Waals surface area contributed by atoms with Crippen LogP contribution in [0.1, 0.15) is 18.4 Å². The summed E-state index contributed by atoms with van der Waals surface area (Å²) in [5, 5.41) is 2.61. The largest absolute Gasteiger partial charge is 0.353 e. The predicted molar refractivity (Wildman–Crippen MR) is 69.0 cm³/mol. The Morgan fingerprint density at radius 3 is 2.47 bits per heavy atom. The molecule has 0 radical (unpaired) electrons. The fraction of sp³-hybridized carbons (Fsp3) is 0.417. The number of hydrogen-bond donors (Lipinski definition) is 1. The summed E-state index contributed by atoms with van der Waals surface area (Å²) in [6.07, 6.45) is -0.212. The fourth-order valence-corrected chi connectivity index (χ4v) is 2.19. The molecule has 0 aliphatic heterocycles. The smallest absolute Gasteiger partial charge is 0.252 e. The van der Waals surface area contributed by atoms with E-state index in [0.29, 0.717) is 0 Å². The zero-order chi connectivity index (χ0) is 12.5. The van der Waals surface area contributed by atoms with E-state index in [-0.39, 0.29) is 31.2 Å². The molecule has 5 heteroatoms. The van der Waals surface area contributed by atoms with Crippen LogP contribution in [0.4, 0.5) is 8.78 Å². The first-order chi connectivity index (χ1) is 7.94. The standard InChI is InChI=1S/C12H12F2INO/c13-12(14)6-10(7-12)16-11(17)5-8-1-3-9(15)4-2-8/h1-4,10H,5-7H2,(H,16,17). The normalized spacial score (nSPS) is 18.5. The molecule has 0 bridgehead atoms. The highest BCUT2D eigenvalue weighted by Gasteiger charge is 2.45. The molecule has 0 unspecified atom stereocenters. The maximum Gasteiger partial charge on any atom is 0.252 e. The van der Waals surface area contributed by atoms with Gasteiger partial charge in [0.05, 0.1) is 6.42 Å². The molecule has 0 saturated heterocycles. The molecule has 0 atom stereocenters. The number of nitrogens with one attached hydrogen (secondary N) is 1. The van der Waals surface area contributed by atoms with Gasteiger partial charge in [-0.3, -0.25) is 4.79 Å². The summed E-state index contributed by atoms with van der Waals surface area (Å²) >= 11 is 2.19. The van der Waals surface area contributed by atoms with Gasteiger partial charge in [-0.15, -0.1) is 0 Å². The van der Waals surface area contributed by atoms with Crippen molar-refractivity contribution in [3.8, 4) is 0 Å². The Hall–Kier alpha value is -0.720. The molecule has 0 spiro atoms. The van der Waals surface area contributed by atoms with Crippen LogP contribution in [0.25, 0.3) is 0 Å². The molecule has 1 saturated carbocycles. The van der Waals surface area contributed by atoms with E-state index >= 15 is 0 Å². The first-order valence-corrected chi connectivity index (χ1v) is 6.44. The van der Waals surface area contributed by atoms with Gasteiger partial charge in [0.15, 0.2) is 0 Å². The van der Waals surface area contributed by atoms with Crippen molar-refractivity contribution < 1.29 is 13.6 Å². The Bertz CT molecular complexity index is 411. The van der Waals surface area contributed by atoms with Crippen LogP contribution in [0.5, 0.6) is 0 Å². The second-order valence-electron chi connectivity index (χ2n) is 4.33. The van der Waals surface area contributed by atoms with Gasteiger partial charge in [-0.2, -0.15) is 0 Å². The molecule has 1 N–H and O–H groups in total. The van der Waals surface area contributed by atoms with Crippen LogP contribution in [0.2, 0.25) is 0 Å². The van der Waals surface area contributed by atoms with E-state index in [1.165, 1.54) is 0 Å². The highest BCUT2D eigenvalue weighted by Crippen LogP contribution is 2.37. The van der Waals surface area contributed by atoms with Crippen LogP contribution in [0, 0.1) is 3.57 Å². The molecule has 92 valence electrons. The number of benzene rings is 1. The highest BCUT2D eigenvalue weighted by molar-refractivity contribution is 14.1. The molecule has 1 aliphatic rings. The van der Waals surface area contributed by atoms with Gasteiger partial charge in [0.2, 0.25) is 5.91 Å². The number of hydrogen-bond acceptors (Lipinski definition) is 1. The first kappa shape index (κ1) is 12.7. The van der Waals surface area contributed by atoms with Crippen LogP contribution in [-0.2, 0) is 11.2 Å². The molecular formula is C12H12F2INO. The summed E-state index contributed by atoms with van der Waals surface area (Å²) in [6.45, 7) is 0. The second-order valence-corrected chi connectivity index (χ2v) is 5.58. The van der Waals surface area contributed by atoms with E-state index < -0.39 is 5.92 Å². The fourth-order valence-electron chi connectivity index (χ4n) is 1.83. The third kappa shape index (κ3) is 3.62. The van der Waals surface area contributed by atoms with Gasteiger partial charge in [0.25, 0.3) is 5.92 Å². The molecule has 2 rings (SSSR count). The maximum atomic E-state index is 12.6. The Morgan fingerprint density at radius 2 is 1.94 bits per heavy atom. The molecule has 1 amide bonds. The molecular weight excluding hydrogens is 339 g/mol. The summed E-state index contributed by atoms with van der Waals surface area (Å²) < 4.78 is 26.2.